The second-order valence-electron chi connectivity index (χ2n) is 1.94. The molecule has 11 heavy (non-hydrogen) atoms. The molecule has 0 aliphatic carbocycles. The van der Waals surface area contributed by atoms with Gasteiger partial charge >= 0.3 is 0 Å². The topological polar surface area (TPSA) is 38.4 Å². The molecule has 0 amide bonds. The molecule has 0 spiro atoms. The lowest BCUT2D eigenvalue weighted by molar-refractivity contribution is 1.26. The summed E-state index contributed by atoms with van der Waals surface area (Å²) in [5.41, 5.74) is 0.809. The van der Waals surface area contributed by atoms with Crippen molar-refractivity contribution in [3.05, 3.63) is 33.3 Å². The van der Waals surface area contributed by atoms with E-state index >= 15 is 0 Å². The van der Waals surface area contributed by atoms with E-state index in [0.29, 0.717) is 5.02 Å². The van der Waals surface area contributed by atoms with Crippen molar-refractivity contribution < 1.29 is 0 Å². The Bertz CT molecular complexity index is 286. The zero-order chi connectivity index (χ0) is 8.27. The molecule has 0 fully saturated rings. The summed E-state index contributed by atoms with van der Waals surface area (Å²) in [4.78, 5) is 0. The summed E-state index contributed by atoms with van der Waals surface area (Å²) < 4.78 is 0.955. The van der Waals surface area contributed by atoms with Gasteiger partial charge in [-0.25, -0.2) is 0 Å². The van der Waals surface area contributed by atoms with E-state index in [9.17, 15) is 0 Å². The van der Waals surface area contributed by atoms with Crippen molar-refractivity contribution in [1.29, 1.82) is 0 Å². The van der Waals surface area contributed by atoms with E-state index in [1.807, 2.05) is 12.1 Å². The SMILES string of the molecule is NN=Cc1cc(Br)ccc1Cl. The minimum Gasteiger partial charge on any atom is -0.323 e. The zero-order valence-electron chi connectivity index (χ0n) is 5.59. The van der Waals surface area contributed by atoms with E-state index < -0.39 is 0 Å². The van der Waals surface area contributed by atoms with Gasteiger partial charge in [0.05, 0.1) is 6.21 Å². The lowest BCUT2D eigenvalue weighted by Gasteiger charge is -1.96. The molecular weight excluding hydrogens is 227 g/mol. The number of halogens is 2. The average Bonchev–Trinajstić information content (AvgIpc) is 1.98. The number of nitrogens with two attached hydrogens (primary N) is 1. The Balaban J connectivity index is 3.12. The molecule has 0 saturated carbocycles. The molecule has 1 aromatic carbocycles. The number of hydrazone groups is 1. The predicted molar refractivity (Wildman–Crippen MR) is 50.9 cm³/mol. The van der Waals surface area contributed by atoms with Gasteiger partial charge in [0.15, 0.2) is 0 Å². The van der Waals surface area contributed by atoms with Crippen molar-refractivity contribution in [2.24, 2.45) is 10.9 Å². The quantitative estimate of drug-likeness (QED) is 0.451. The third-order valence-corrected chi connectivity index (χ3v) is 2.01. The Morgan fingerprint density at radius 1 is 1.55 bits per heavy atom. The highest BCUT2D eigenvalue weighted by Crippen LogP contribution is 2.18. The first kappa shape index (κ1) is 8.56. The number of nitrogens with zero attached hydrogens (tertiary/aromatic N) is 1. The van der Waals surface area contributed by atoms with Crippen molar-refractivity contribution >= 4 is 33.7 Å². The normalized spacial score (nSPS) is 10.7. The van der Waals surface area contributed by atoms with Gasteiger partial charge in [0.25, 0.3) is 0 Å². The maximum absolute atomic E-state index is 5.81. The largest absolute Gasteiger partial charge is 0.323 e. The van der Waals surface area contributed by atoms with Crippen LogP contribution in [-0.4, -0.2) is 6.21 Å². The summed E-state index contributed by atoms with van der Waals surface area (Å²) in [6, 6.07) is 5.48. The summed E-state index contributed by atoms with van der Waals surface area (Å²) >= 11 is 9.11. The maximum Gasteiger partial charge on any atom is 0.0553 e. The van der Waals surface area contributed by atoms with Crippen LogP contribution in [0.4, 0.5) is 0 Å². The lowest BCUT2D eigenvalue weighted by atomic mass is 10.2. The van der Waals surface area contributed by atoms with Crippen LogP contribution in [0, 0.1) is 0 Å². The minimum absolute atomic E-state index is 0.641. The molecule has 1 rings (SSSR count). The van der Waals surface area contributed by atoms with Gasteiger partial charge in [0, 0.05) is 15.1 Å². The van der Waals surface area contributed by atoms with Crippen molar-refractivity contribution in [3.63, 3.8) is 0 Å². The predicted octanol–water partition coefficient (Wildman–Crippen LogP) is 2.40. The summed E-state index contributed by atoms with van der Waals surface area (Å²) in [7, 11) is 0. The standard InChI is InChI=1S/C7H6BrClN2/c8-6-1-2-7(9)5(3-6)4-11-10/h1-4H,10H2. The van der Waals surface area contributed by atoms with Crippen molar-refractivity contribution in [2.75, 3.05) is 0 Å². The molecule has 0 unspecified atom stereocenters. The monoisotopic (exact) mass is 232 g/mol. The fraction of sp³-hybridized carbons (Fsp3) is 0. The number of hydrogen-bond donors (Lipinski definition) is 1. The Labute approximate surface area is 78.2 Å². The number of hydrogen-bond acceptors (Lipinski definition) is 2. The molecule has 0 saturated heterocycles. The smallest absolute Gasteiger partial charge is 0.0553 e. The third-order valence-electron chi connectivity index (χ3n) is 1.17. The number of rotatable bonds is 1. The average molecular weight is 233 g/mol. The highest BCUT2D eigenvalue weighted by Gasteiger charge is 1.96. The molecule has 1 aromatic rings. The van der Waals surface area contributed by atoms with Crippen LogP contribution in [0.2, 0.25) is 5.02 Å². The highest BCUT2D eigenvalue weighted by molar-refractivity contribution is 9.10. The first-order valence-corrected chi connectivity index (χ1v) is 4.09. The maximum atomic E-state index is 5.81. The first-order valence-electron chi connectivity index (χ1n) is 2.92. The first-order chi connectivity index (χ1) is 5.24. The molecule has 0 radical (unpaired) electrons. The van der Waals surface area contributed by atoms with Crippen LogP contribution in [0.5, 0.6) is 0 Å². The minimum atomic E-state index is 0.641. The summed E-state index contributed by atoms with van der Waals surface area (Å²) in [5, 5.41) is 4.02. The second-order valence-corrected chi connectivity index (χ2v) is 3.27. The lowest BCUT2D eigenvalue weighted by Crippen LogP contribution is -1.87. The summed E-state index contributed by atoms with van der Waals surface area (Å²) in [6.07, 6.45) is 1.51. The van der Waals surface area contributed by atoms with Crippen molar-refractivity contribution in [2.45, 2.75) is 0 Å². The van der Waals surface area contributed by atoms with Crippen LogP contribution in [-0.2, 0) is 0 Å². The van der Waals surface area contributed by atoms with Crippen LogP contribution in [0.3, 0.4) is 0 Å². The Hall–Kier alpha value is -0.540. The Kier molecular flexibility index (Phi) is 2.91. The molecule has 2 nitrogen and oxygen atoms in total. The fourth-order valence-electron chi connectivity index (χ4n) is 0.694. The van der Waals surface area contributed by atoms with Gasteiger partial charge in [0.1, 0.15) is 0 Å². The molecule has 0 atom stereocenters. The molecule has 2 N–H and O–H groups in total. The van der Waals surface area contributed by atoms with Crippen LogP contribution in [0.1, 0.15) is 5.56 Å². The van der Waals surface area contributed by atoms with Gasteiger partial charge in [-0.05, 0) is 18.2 Å². The molecule has 0 aliphatic heterocycles. The molecule has 58 valence electrons. The third kappa shape index (κ3) is 2.20. The summed E-state index contributed by atoms with van der Waals surface area (Å²) in [5.74, 6) is 4.97. The van der Waals surface area contributed by atoms with Crippen molar-refractivity contribution in [3.8, 4) is 0 Å². The van der Waals surface area contributed by atoms with Gasteiger partial charge in [-0.3, -0.25) is 0 Å². The Morgan fingerprint density at radius 3 is 2.91 bits per heavy atom. The van der Waals surface area contributed by atoms with Crippen LogP contribution >= 0.6 is 27.5 Å². The van der Waals surface area contributed by atoms with E-state index in [1.165, 1.54) is 6.21 Å². The molecule has 0 bridgehead atoms. The second kappa shape index (κ2) is 3.74. The highest BCUT2D eigenvalue weighted by atomic mass is 79.9. The van der Waals surface area contributed by atoms with Gasteiger partial charge in [-0.1, -0.05) is 27.5 Å². The van der Waals surface area contributed by atoms with Gasteiger partial charge in [-0.15, -0.1) is 0 Å². The van der Waals surface area contributed by atoms with E-state index in [2.05, 4.69) is 21.0 Å². The van der Waals surface area contributed by atoms with Crippen LogP contribution < -0.4 is 5.84 Å². The van der Waals surface area contributed by atoms with E-state index in [-0.39, 0.29) is 0 Å². The van der Waals surface area contributed by atoms with Gasteiger partial charge in [-0.2, -0.15) is 5.10 Å². The van der Waals surface area contributed by atoms with Crippen LogP contribution in [0.25, 0.3) is 0 Å². The van der Waals surface area contributed by atoms with E-state index in [0.717, 1.165) is 10.0 Å². The number of benzene rings is 1. The Morgan fingerprint density at radius 2 is 2.27 bits per heavy atom. The van der Waals surface area contributed by atoms with Crippen molar-refractivity contribution in [1.82, 2.24) is 0 Å². The molecule has 0 heterocycles. The van der Waals surface area contributed by atoms with E-state index in [4.69, 9.17) is 17.4 Å². The fourth-order valence-corrected chi connectivity index (χ4v) is 1.24. The van der Waals surface area contributed by atoms with Crippen LogP contribution in [0.15, 0.2) is 27.8 Å². The molecular formula is C7H6BrClN2. The molecule has 0 aromatic heterocycles. The van der Waals surface area contributed by atoms with E-state index in [1.54, 1.807) is 6.07 Å². The van der Waals surface area contributed by atoms with Gasteiger partial charge < -0.3 is 5.84 Å². The molecule has 4 heteroatoms. The summed E-state index contributed by atoms with van der Waals surface area (Å²) in [6.45, 7) is 0. The zero-order valence-corrected chi connectivity index (χ0v) is 7.93. The molecule has 0 aliphatic rings. The van der Waals surface area contributed by atoms with Gasteiger partial charge in [0.2, 0.25) is 0 Å².